The molecule has 5 heterocycles. The normalized spacial score (nSPS) is 20.3. The maximum Gasteiger partial charge on any atom is 0.285 e. The van der Waals surface area contributed by atoms with Crippen molar-refractivity contribution in [2.45, 2.75) is 24.8 Å². The number of morpholine rings is 1. The van der Waals surface area contributed by atoms with E-state index in [1.807, 2.05) is 13.0 Å². The Kier molecular flexibility index (Phi) is 4.26. The van der Waals surface area contributed by atoms with Crippen LogP contribution in [0.5, 0.6) is 0 Å². The molecule has 0 bridgehead atoms. The summed E-state index contributed by atoms with van der Waals surface area (Å²) in [5.74, 6) is 0.679. The van der Waals surface area contributed by atoms with Crippen LogP contribution in [0.3, 0.4) is 0 Å². The Morgan fingerprint density at radius 1 is 1.30 bits per heavy atom. The first-order valence-corrected chi connectivity index (χ1v) is 11.0. The molecule has 0 amide bonds. The number of nitrogens with zero attached hydrogens (tertiary/aromatic N) is 6. The first kappa shape index (κ1) is 18.9. The van der Waals surface area contributed by atoms with Crippen molar-refractivity contribution < 1.29 is 13.2 Å². The van der Waals surface area contributed by atoms with Gasteiger partial charge in [0.25, 0.3) is 10.0 Å². The number of rotatable bonds is 3. The summed E-state index contributed by atoms with van der Waals surface area (Å²) in [6.45, 7) is 5.74. The third kappa shape index (κ3) is 2.92. The molecule has 156 valence electrons. The minimum absolute atomic E-state index is 0.0893. The molecule has 30 heavy (non-hydrogen) atoms. The standard InChI is InChI=1S/C19H21N7O3S/c1-11-8-14(23-22-11)17-18-19(30(27,28)24-17)13(15-4-5-20-25(15)3)9-16(21-18)26-6-7-29-10-12(26)2/h4-5,8-9,12H,6-7,10H2,1-3H3,(H,22,23). The Labute approximate surface area is 173 Å². The number of sulfonamides is 1. The zero-order valence-electron chi connectivity index (χ0n) is 16.8. The summed E-state index contributed by atoms with van der Waals surface area (Å²) in [7, 11) is -2.16. The van der Waals surface area contributed by atoms with Crippen molar-refractivity contribution in [3.05, 3.63) is 41.5 Å². The fourth-order valence-corrected chi connectivity index (χ4v) is 5.24. The number of aromatic amines is 1. The summed E-state index contributed by atoms with van der Waals surface area (Å²) in [5, 5.41) is 11.3. The quantitative estimate of drug-likeness (QED) is 0.669. The Bertz CT molecular complexity index is 1280. The van der Waals surface area contributed by atoms with Crippen LogP contribution < -0.4 is 4.90 Å². The number of anilines is 1. The fraction of sp³-hybridized carbons (Fsp3) is 0.368. The van der Waals surface area contributed by atoms with Crippen molar-refractivity contribution >= 4 is 21.6 Å². The number of hydrogen-bond donors (Lipinski definition) is 1. The second kappa shape index (κ2) is 6.74. The van der Waals surface area contributed by atoms with Crippen LogP contribution in [0.4, 0.5) is 5.82 Å². The molecular formula is C19H21N7O3S. The summed E-state index contributed by atoms with van der Waals surface area (Å²) < 4.78 is 37.4. The average molecular weight is 427 g/mol. The lowest BCUT2D eigenvalue weighted by Gasteiger charge is -2.34. The zero-order valence-corrected chi connectivity index (χ0v) is 17.6. The van der Waals surface area contributed by atoms with Crippen LogP contribution >= 0.6 is 0 Å². The number of pyridine rings is 1. The zero-order chi connectivity index (χ0) is 21.0. The topological polar surface area (TPSA) is 118 Å². The molecule has 5 rings (SSSR count). The molecule has 2 aliphatic rings. The van der Waals surface area contributed by atoms with Crippen LogP contribution in [0.25, 0.3) is 11.3 Å². The predicted octanol–water partition coefficient (Wildman–Crippen LogP) is 1.28. The van der Waals surface area contributed by atoms with Gasteiger partial charge in [0, 0.05) is 31.0 Å². The van der Waals surface area contributed by atoms with Crippen molar-refractivity contribution in [1.82, 2.24) is 25.0 Å². The van der Waals surface area contributed by atoms with Crippen molar-refractivity contribution in [2.24, 2.45) is 11.4 Å². The third-order valence-electron chi connectivity index (χ3n) is 5.36. The van der Waals surface area contributed by atoms with Gasteiger partial charge in [0.2, 0.25) is 0 Å². The van der Waals surface area contributed by atoms with E-state index in [-0.39, 0.29) is 16.6 Å². The molecule has 10 nitrogen and oxygen atoms in total. The molecule has 11 heteroatoms. The summed E-state index contributed by atoms with van der Waals surface area (Å²) in [5.41, 5.74) is 3.02. The smallest absolute Gasteiger partial charge is 0.285 e. The molecule has 1 unspecified atom stereocenters. The first-order chi connectivity index (χ1) is 14.3. The lowest BCUT2D eigenvalue weighted by molar-refractivity contribution is 0.0985. The van der Waals surface area contributed by atoms with Crippen LogP contribution in [0.2, 0.25) is 0 Å². The number of ether oxygens (including phenoxy) is 1. The van der Waals surface area contributed by atoms with Gasteiger partial charge in [0.05, 0.1) is 24.9 Å². The molecule has 0 aromatic carbocycles. The van der Waals surface area contributed by atoms with Gasteiger partial charge in [0.15, 0.2) is 0 Å². The Morgan fingerprint density at radius 3 is 2.80 bits per heavy atom. The summed E-state index contributed by atoms with van der Waals surface area (Å²) in [4.78, 5) is 6.98. The lowest BCUT2D eigenvalue weighted by atomic mass is 10.1. The van der Waals surface area contributed by atoms with Gasteiger partial charge in [-0.15, -0.1) is 0 Å². The van der Waals surface area contributed by atoms with E-state index < -0.39 is 10.0 Å². The molecule has 1 N–H and O–H groups in total. The minimum Gasteiger partial charge on any atom is -0.377 e. The van der Waals surface area contributed by atoms with Crippen LogP contribution in [0.1, 0.15) is 24.0 Å². The monoisotopic (exact) mass is 427 g/mol. The third-order valence-corrected chi connectivity index (χ3v) is 6.71. The van der Waals surface area contributed by atoms with Gasteiger partial charge in [0.1, 0.15) is 27.8 Å². The summed E-state index contributed by atoms with van der Waals surface area (Å²) >= 11 is 0. The molecule has 0 aliphatic carbocycles. The van der Waals surface area contributed by atoms with Crippen molar-refractivity contribution in [3.63, 3.8) is 0 Å². The van der Waals surface area contributed by atoms with E-state index in [0.29, 0.717) is 48.2 Å². The maximum absolute atomic E-state index is 13.1. The maximum atomic E-state index is 13.1. The van der Waals surface area contributed by atoms with E-state index in [4.69, 9.17) is 9.72 Å². The second-order valence-corrected chi connectivity index (χ2v) is 9.06. The number of nitrogens with one attached hydrogen (secondary N) is 1. The van der Waals surface area contributed by atoms with E-state index in [1.165, 1.54) is 0 Å². The van der Waals surface area contributed by atoms with E-state index in [2.05, 4.69) is 31.5 Å². The van der Waals surface area contributed by atoms with Crippen molar-refractivity contribution in [3.8, 4) is 11.3 Å². The van der Waals surface area contributed by atoms with Crippen molar-refractivity contribution in [1.29, 1.82) is 0 Å². The lowest BCUT2D eigenvalue weighted by Crippen LogP contribution is -2.44. The highest BCUT2D eigenvalue weighted by Gasteiger charge is 2.37. The van der Waals surface area contributed by atoms with Crippen molar-refractivity contribution in [2.75, 3.05) is 24.7 Å². The van der Waals surface area contributed by atoms with E-state index in [0.717, 1.165) is 5.69 Å². The van der Waals surface area contributed by atoms with Gasteiger partial charge in [-0.1, -0.05) is 0 Å². The Balaban J connectivity index is 1.78. The highest BCUT2D eigenvalue weighted by Crippen LogP contribution is 2.38. The molecule has 2 aliphatic heterocycles. The minimum atomic E-state index is -3.94. The first-order valence-electron chi connectivity index (χ1n) is 9.60. The molecule has 0 radical (unpaired) electrons. The summed E-state index contributed by atoms with van der Waals surface area (Å²) in [6.07, 6.45) is 1.64. The molecule has 3 aromatic heterocycles. The van der Waals surface area contributed by atoms with Gasteiger partial charge < -0.3 is 9.64 Å². The molecule has 0 saturated carbocycles. The van der Waals surface area contributed by atoms with Crippen LogP contribution in [-0.4, -0.2) is 64.9 Å². The Morgan fingerprint density at radius 2 is 2.13 bits per heavy atom. The SMILES string of the molecule is Cc1cc(C2=NS(=O)(=O)c3c(-c4ccnn4C)cc(N4CCOCC4C)nc32)n[nH]1. The van der Waals surface area contributed by atoms with Gasteiger partial charge >= 0.3 is 0 Å². The average Bonchev–Trinajstić information content (AvgIpc) is 3.39. The number of aryl methyl sites for hydroxylation is 2. The molecular weight excluding hydrogens is 406 g/mol. The van der Waals surface area contributed by atoms with Crippen LogP contribution in [-0.2, 0) is 21.8 Å². The van der Waals surface area contributed by atoms with Gasteiger partial charge in [-0.2, -0.15) is 23.0 Å². The Hall–Kier alpha value is -3.05. The number of hydrogen-bond acceptors (Lipinski definition) is 7. The second-order valence-electron chi connectivity index (χ2n) is 7.51. The highest BCUT2D eigenvalue weighted by atomic mass is 32.2. The van der Waals surface area contributed by atoms with Gasteiger partial charge in [-0.3, -0.25) is 9.78 Å². The number of aromatic nitrogens is 5. The fourth-order valence-electron chi connectivity index (χ4n) is 3.90. The molecule has 3 aromatic rings. The predicted molar refractivity (Wildman–Crippen MR) is 110 cm³/mol. The number of fused-ring (bicyclic) bond motifs is 1. The van der Waals surface area contributed by atoms with Crippen LogP contribution in [0.15, 0.2) is 33.7 Å². The summed E-state index contributed by atoms with van der Waals surface area (Å²) in [6, 6.07) is 5.46. The van der Waals surface area contributed by atoms with E-state index in [9.17, 15) is 8.42 Å². The molecule has 1 fully saturated rings. The largest absolute Gasteiger partial charge is 0.377 e. The molecule has 0 spiro atoms. The van der Waals surface area contributed by atoms with Gasteiger partial charge in [-0.25, -0.2) is 4.98 Å². The van der Waals surface area contributed by atoms with E-state index in [1.54, 1.807) is 30.1 Å². The molecule has 1 saturated heterocycles. The number of H-pyrrole nitrogens is 1. The van der Waals surface area contributed by atoms with E-state index >= 15 is 0 Å². The van der Waals surface area contributed by atoms with Crippen LogP contribution in [0, 0.1) is 6.92 Å². The molecule has 1 atom stereocenters. The highest BCUT2D eigenvalue weighted by molar-refractivity contribution is 7.91. The van der Waals surface area contributed by atoms with Gasteiger partial charge in [-0.05, 0) is 32.0 Å².